The van der Waals surface area contributed by atoms with Gasteiger partial charge in [0.05, 0.1) is 5.92 Å². The number of nitrogens with zero attached hydrogens (tertiary/aromatic N) is 2. The van der Waals surface area contributed by atoms with Crippen LogP contribution in [0.2, 0.25) is 0 Å². The lowest BCUT2D eigenvalue weighted by atomic mass is 9.97. The van der Waals surface area contributed by atoms with Crippen molar-refractivity contribution in [3.05, 3.63) is 36.4 Å². The molecule has 0 N–H and O–H groups in total. The Morgan fingerprint density at radius 2 is 2.18 bits per heavy atom. The molecule has 2 heterocycles. The number of hydrogen-bond donors (Lipinski definition) is 0. The van der Waals surface area contributed by atoms with E-state index in [1.165, 1.54) is 0 Å². The number of carbonyl (C=O) groups is 1. The summed E-state index contributed by atoms with van der Waals surface area (Å²) in [6.07, 6.45) is 5.26. The molecule has 2 aromatic rings. The zero-order valence-electron chi connectivity index (χ0n) is 12.7. The number of allylic oxidation sites excluding steroid dienone is 1. The second-order valence-electron chi connectivity index (χ2n) is 5.42. The van der Waals surface area contributed by atoms with Crippen LogP contribution >= 0.6 is 0 Å². The van der Waals surface area contributed by atoms with Gasteiger partial charge in [-0.05, 0) is 31.9 Å². The fourth-order valence-electron chi connectivity index (χ4n) is 2.65. The van der Waals surface area contributed by atoms with Gasteiger partial charge in [0.2, 0.25) is 0 Å². The Hall–Kier alpha value is -2.30. The summed E-state index contributed by atoms with van der Waals surface area (Å²) in [6, 6.07) is 8.37. The summed E-state index contributed by atoms with van der Waals surface area (Å²) in [5, 5.41) is 0. The van der Waals surface area contributed by atoms with Crippen LogP contribution in [0, 0.1) is 5.92 Å². The molecule has 0 unspecified atom stereocenters. The second-order valence-corrected chi connectivity index (χ2v) is 5.42. The number of oxazole rings is 1. The minimum absolute atomic E-state index is 0.0223. The van der Waals surface area contributed by atoms with E-state index >= 15 is 0 Å². The molecular formula is C17H20N2O3. The van der Waals surface area contributed by atoms with Crippen LogP contribution in [0.5, 0.6) is 0 Å². The highest BCUT2D eigenvalue weighted by Crippen LogP contribution is 2.26. The Morgan fingerprint density at radius 3 is 2.91 bits per heavy atom. The Balaban J connectivity index is 1.58. The largest absolute Gasteiger partial charge is 0.461 e. The number of anilines is 1. The third-order valence-corrected chi connectivity index (χ3v) is 3.94. The lowest BCUT2D eigenvalue weighted by Crippen LogP contribution is -2.37. The molecule has 0 aliphatic carbocycles. The Kier molecular flexibility index (Phi) is 4.42. The first kappa shape index (κ1) is 14.6. The zero-order chi connectivity index (χ0) is 15.4. The van der Waals surface area contributed by atoms with Crippen molar-refractivity contribution in [2.75, 3.05) is 24.6 Å². The van der Waals surface area contributed by atoms with Crippen LogP contribution in [0.4, 0.5) is 6.01 Å². The van der Waals surface area contributed by atoms with Crippen LogP contribution in [-0.2, 0) is 9.53 Å². The predicted molar refractivity (Wildman–Crippen MR) is 84.7 cm³/mol. The Labute approximate surface area is 129 Å². The van der Waals surface area contributed by atoms with Crippen molar-refractivity contribution >= 4 is 23.1 Å². The van der Waals surface area contributed by atoms with Gasteiger partial charge in [0.15, 0.2) is 5.58 Å². The summed E-state index contributed by atoms with van der Waals surface area (Å²) in [5.74, 6) is -0.124. The van der Waals surface area contributed by atoms with Crippen LogP contribution in [0.1, 0.15) is 19.8 Å². The normalized spacial score (nSPS) is 16.5. The molecule has 0 amide bonds. The van der Waals surface area contributed by atoms with Crippen LogP contribution in [0.15, 0.2) is 40.8 Å². The number of para-hydroxylation sites is 2. The minimum atomic E-state index is -0.102. The predicted octanol–water partition coefficient (Wildman–Crippen LogP) is 3.16. The number of esters is 1. The lowest BCUT2D eigenvalue weighted by molar-refractivity contribution is -0.147. The molecule has 0 radical (unpaired) electrons. The van der Waals surface area contributed by atoms with E-state index in [4.69, 9.17) is 9.15 Å². The summed E-state index contributed by atoms with van der Waals surface area (Å²) < 4.78 is 11.0. The van der Waals surface area contributed by atoms with E-state index in [-0.39, 0.29) is 11.9 Å². The Bertz CT molecular complexity index is 636. The maximum absolute atomic E-state index is 11.9. The molecule has 1 saturated heterocycles. The quantitative estimate of drug-likeness (QED) is 0.641. The molecule has 0 saturated carbocycles. The molecule has 0 spiro atoms. The maximum Gasteiger partial charge on any atom is 0.309 e. The first-order valence-corrected chi connectivity index (χ1v) is 7.66. The van der Waals surface area contributed by atoms with Gasteiger partial charge in [-0.1, -0.05) is 24.3 Å². The van der Waals surface area contributed by atoms with Gasteiger partial charge in [-0.3, -0.25) is 4.79 Å². The summed E-state index contributed by atoms with van der Waals surface area (Å²) >= 11 is 0. The highest BCUT2D eigenvalue weighted by molar-refractivity contribution is 5.75. The number of fused-ring (bicyclic) bond motifs is 1. The van der Waals surface area contributed by atoms with Crippen LogP contribution in [-0.4, -0.2) is 30.6 Å². The van der Waals surface area contributed by atoms with Crippen molar-refractivity contribution < 1.29 is 13.9 Å². The van der Waals surface area contributed by atoms with E-state index in [1.807, 2.05) is 43.3 Å². The van der Waals surface area contributed by atoms with E-state index < -0.39 is 0 Å². The molecule has 0 bridgehead atoms. The molecule has 1 aromatic carbocycles. The Morgan fingerprint density at radius 1 is 1.41 bits per heavy atom. The molecule has 3 rings (SSSR count). The highest BCUT2D eigenvalue weighted by Gasteiger charge is 2.28. The van der Waals surface area contributed by atoms with Crippen molar-refractivity contribution in [3.8, 4) is 0 Å². The monoisotopic (exact) mass is 300 g/mol. The fourth-order valence-corrected chi connectivity index (χ4v) is 2.65. The van der Waals surface area contributed by atoms with E-state index in [0.717, 1.165) is 37.0 Å². The van der Waals surface area contributed by atoms with Gasteiger partial charge in [-0.2, -0.15) is 4.98 Å². The van der Waals surface area contributed by atoms with E-state index in [0.29, 0.717) is 12.6 Å². The van der Waals surface area contributed by atoms with Crippen LogP contribution in [0.25, 0.3) is 11.1 Å². The zero-order valence-corrected chi connectivity index (χ0v) is 12.7. The molecule has 1 fully saturated rings. The third kappa shape index (κ3) is 3.13. The average Bonchev–Trinajstić information content (AvgIpc) is 2.99. The number of piperidine rings is 1. The van der Waals surface area contributed by atoms with Crippen molar-refractivity contribution in [2.24, 2.45) is 5.92 Å². The van der Waals surface area contributed by atoms with Gasteiger partial charge in [0.1, 0.15) is 12.1 Å². The van der Waals surface area contributed by atoms with Crippen molar-refractivity contribution in [3.63, 3.8) is 0 Å². The highest BCUT2D eigenvalue weighted by atomic mass is 16.5. The average molecular weight is 300 g/mol. The molecular weight excluding hydrogens is 280 g/mol. The van der Waals surface area contributed by atoms with E-state index in [9.17, 15) is 4.79 Å². The number of ether oxygens (including phenoxy) is 1. The molecule has 1 aliphatic rings. The minimum Gasteiger partial charge on any atom is -0.461 e. The van der Waals surface area contributed by atoms with Crippen LogP contribution < -0.4 is 4.90 Å². The molecule has 5 heteroatoms. The van der Waals surface area contributed by atoms with Crippen molar-refractivity contribution in [1.29, 1.82) is 0 Å². The number of hydrogen-bond acceptors (Lipinski definition) is 5. The SMILES string of the molecule is C/C=C/COC(=O)C1CCN(c2nc3ccccc3o2)CC1. The van der Waals surface area contributed by atoms with Gasteiger partial charge in [0.25, 0.3) is 6.01 Å². The van der Waals surface area contributed by atoms with Gasteiger partial charge >= 0.3 is 5.97 Å². The maximum atomic E-state index is 11.9. The first-order chi connectivity index (χ1) is 10.8. The lowest BCUT2D eigenvalue weighted by Gasteiger charge is -2.29. The van der Waals surface area contributed by atoms with Gasteiger partial charge in [-0.25, -0.2) is 0 Å². The number of rotatable bonds is 4. The van der Waals surface area contributed by atoms with E-state index in [1.54, 1.807) is 0 Å². The standard InChI is InChI=1S/C17H20N2O3/c1-2-3-12-21-16(20)13-8-10-19(11-9-13)17-18-14-6-4-5-7-15(14)22-17/h2-7,13H,8-12H2,1H3/b3-2+. The summed E-state index contributed by atoms with van der Waals surface area (Å²) in [6.45, 7) is 3.79. The van der Waals surface area contributed by atoms with Crippen molar-refractivity contribution in [1.82, 2.24) is 4.98 Å². The number of aromatic nitrogens is 1. The van der Waals surface area contributed by atoms with Crippen molar-refractivity contribution in [2.45, 2.75) is 19.8 Å². The molecule has 1 aliphatic heterocycles. The van der Waals surface area contributed by atoms with Gasteiger partial charge < -0.3 is 14.1 Å². The fraction of sp³-hybridized carbons (Fsp3) is 0.412. The molecule has 0 atom stereocenters. The topological polar surface area (TPSA) is 55.6 Å². The third-order valence-electron chi connectivity index (χ3n) is 3.94. The van der Waals surface area contributed by atoms with Gasteiger partial charge in [0, 0.05) is 13.1 Å². The van der Waals surface area contributed by atoms with Gasteiger partial charge in [-0.15, -0.1) is 0 Å². The molecule has 22 heavy (non-hydrogen) atoms. The second kappa shape index (κ2) is 6.64. The number of carbonyl (C=O) groups excluding carboxylic acids is 1. The van der Waals surface area contributed by atoms with E-state index in [2.05, 4.69) is 9.88 Å². The summed E-state index contributed by atoms with van der Waals surface area (Å²) in [5.41, 5.74) is 1.66. The molecule has 5 nitrogen and oxygen atoms in total. The summed E-state index contributed by atoms with van der Waals surface area (Å²) in [4.78, 5) is 18.5. The molecule has 1 aromatic heterocycles. The first-order valence-electron chi connectivity index (χ1n) is 7.66. The smallest absolute Gasteiger partial charge is 0.309 e. The molecule has 116 valence electrons. The van der Waals surface area contributed by atoms with Crippen LogP contribution in [0.3, 0.4) is 0 Å². The summed E-state index contributed by atoms with van der Waals surface area (Å²) in [7, 11) is 0. The number of benzene rings is 1.